The Labute approximate surface area is 110 Å². The zero-order valence-corrected chi connectivity index (χ0v) is 11.0. The Kier molecular flexibility index (Phi) is 3.20. The highest BCUT2D eigenvalue weighted by Crippen LogP contribution is 2.34. The lowest BCUT2D eigenvalue weighted by Crippen LogP contribution is -2.08. The maximum atomic E-state index is 12.6. The predicted octanol–water partition coefficient (Wildman–Crippen LogP) is 5.26. The van der Waals surface area contributed by atoms with Gasteiger partial charge in [-0.1, -0.05) is 32.9 Å². The molecule has 19 heavy (non-hydrogen) atoms. The Balaban J connectivity index is 2.40. The molecule has 0 saturated heterocycles. The third-order valence-corrected chi connectivity index (χ3v) is 2.82. The Hall–Kier alpha value is -1.71. The van der Waals surface area contributed by atoms with E-state index in [0.717, 1.165) is 17.9 Å². The summed E-state index contributed by atoms with van der Waals surface area (Å²) in [5.74, 6) is 1.20. The molecule has 2 aromatic rings. The summed E-state index contributed by atoms with van der Waals surface area (Å²) in [6, 6.07) is 8.66. The van der Waals surface area contributed by atoms with Gasteiger partial charge in [0.25, 0.3) is 0 Å². The molecule has 0 aliphatic carbocycles. The second-order valence-electron chi connectivity index (χ2n) is 5.49. The van der Waals surface area contributed by atoms with Crippen molar-refractivity contribution in [3.05, 3.63) is 47.7 Å². The van der Waals surface area contributed by atoms with Crippen LogP contribution in [-0.4, -0.2) is 0 Å². The highest BCUT2D eigenvalue weighted by atomic mass is 19.4. The fraction of sp³-hybridized carbons (Fsp3) is 0.333. The molecule has 4 heteroatoms. The van der Waals surface area contributed by atoms with Crippen LogP contribution in [-0.2, 0) is 11.6 Å². The molecule has 0 aliphatic rings. The van der Waals surface area contributed by atoms with Gasteiger partial charge in [-0.05, 0) is 24.3 Å². The van der Waals surface area contributed by atoms with E-state index >= 15 is 0 Å². The van der Waals surface area contributed by atoms with Crippen LogP contribution in [0, 0.1) is 0 Å². The molecule has 0 fully saturated rings. The van der Waals surface area contributed by atoms with E-state index in [4.69, 9.17) is 4.42 Å². The average Bonchev–Trinajstić information content (AvgIpc) is 2.77. The normalized spacial score (nSPS) is 12.7. The van der Waals surface area contributed by atoms with Crippen LogP contribution in [0.5, 0.6) is 0 Å². The summed E-state index contributed by atoms with van der Waals surface area (Å²) in [7, 11) is 0. The van der Waals surface area contributed by atoms with Crippen molar-refractivity contribution in [1.82, 2.24) is 0 Å². The van der Waals surface area contributed by atoms with Crippen molar-refractivity contribution >= 4 is 0 Å². The summed E-state index contributed by atoms with van der Waals surface area (Å²) in [4.78, 5) is 0. The van der Waals surface area contributed by atoms with Crippen LogP contribution < -0.4 is 0 Å². The fourth-order valence-electron chi connectivity index (χ4n) is 1.74. The van der Waals surface area contributed by atoms with Crippen LogP contribution in [0.2, 0.25) is 0 Å². The lowest BCUT2D eigenvalue weighted by Gasteiger charge is -2.14. The van der Waals surface area contributed by atoms with Crippen LogP contribution in [0.25, 0.3) is 11.3 Å². The second-order valence-corrected chi connectivity index (χ2v) is 5.49. The molecule has 0 saturated carbocycles. The molecular formula is C15H15F3O. The third-order valence-electron chi connectivity index (χ3n) is 2.82. The summed E-state index contributed by atoms with van der Waals surface area (Å²) < 4.78 is 43.6. The third kappa shape index (κ3) is 3.00. The van der Waals surface area contributed by atoms with E-state index in [2.05, 4.69) is 0 Å². The van der Waals surface area contributed by atoms with Gasteiger partial charge in [0.1, 0.15) is 11.5 Å². The molecule has 1 aromatic heterocycles. The molecule has 0 spiro atoms. The van der Waals surface area contributed by atoms with E-state index < -0.39 is 11.7 Å². The summed E-state index contributed by atoms with van der Waals surface area (Å²) in [5, 5.41) is 0. The molecule has 2 rings (SSSR count). The minimum Gasteiger partial charge on any atom is -0.461 e. The number of halogens is 3. The van der Waals surface area contributed by atoms with Crippen molar-refractivity contribution in [1.29, 1.82) is 0 Å². The zero-order chi connectivity index (χ0) is 14.3. The van der Waals surface area contributed by atoms with Gasteiger partial charge in [0.05, 0.1) is 5.56 Å². The largest absolute Gasteiger partial charge is 0.461 e. The number of alkyl halides is 3. The van der Waals surface area contributed by atoms with Crippen molar-refractivity contribution in [2.24, 2.45) is 0 Å². The lowest BCUT2D eigenvalue weighted by atomic mass is 9.94. The van der Waals surface area contributed by atoms with E-state index in [9.17, 15) is 13.2 Å². The first-order chi connectivity index (χ1) is 8.68. The van der Waals surface area contributed by atoms with Gasteiger partial charge in [0.2, 0.25) is 0 Å². The van der Waals surface area contributed by atoms with Gasteiger partial charge in [-0.25, -0.2) is 0 Å². The Bertz CT molecular complexity index is 574. The van der Waals surface area contributed by atoms with Crippen LogP contribution in [0.15, 0.2) is 40.8 Å². The van der Waals surface area contributed by atoms with Crippen molar-refractivity contribution < 1.29 is 17.6 Å². The topological polar surface area (TPSA) is 13.1 Å². The first-order valence-corrected chi connectivity index (χ1v) is 5.96. The highest BCUT2D eigenvalue weighted by molar-refractivity contribution is 5.59. The highest BCUT2D eigenvalue weighted by Gasteiger charge is 2.30. The molecule has 0 radical (unpaired) electrons. The van der Waals surface area contributed by atoms with Gasteiger partial charge in [-0.3, -0.25) is 0 Å². The Morgan fingerprint density at radius 3 is 2.16 bits per heavy atom. The van der Waals surface area contributed by atoms with Gasteiger partial charge in [0.15, 0.2) is 0 Å². The van der Waals surface area contributed by atoms with Crippen LogP contribution in [0.4, 0.5) is 13.2 Å². The Morgan fingerprint density at radius 2 is 1.63 bits per heavy atom. The maximum Gasteiger partial charge on any atom is 0.416 e. The number of furan rings is 1. The van der Waals surface area contributed by atoms with Gasteiger partial charge in [-0.15, -0.1) is 0 Å². The summed E-state index contributed by atoms with van der Waals surface area (Å²) in [6.45, 7) is 5.96. The molecule has 0 atom stereocenters. The second kappa shape index (κ2) is 4.44. The molecule has 0 unspecified atom stereocenters. The Morgan fingerprint density at radius 1 is 0.947 bits per heavy atom. The molecule has 0 bridgehead atoms. The van der Waals surface area contributed by atoms with Gasteiger partial charge in [-0.2, -0.15) is 13.2 Å². The molecular weight excluding hydrogens is 253 g/mol. The van der Waals surface area contributed by atoms with E-state index in [1.807, 2.05) is 20.8 Å². The van der Waals surface area contributed by atoms with E-state index in [-0.39, 0.29) is 5.41 Å². The standard InChI is InChI=1S/C15H15F3O/c1-14(2,3)13-8-7-12(19-13)10-5-4-6-11(9-10)15(16,17)18/h4-9H,1-3H3. The molecule has 0 amide bonds. The minimum atomic E-state index is -4.34. The molecule has 1 aromatic carbocycles. The molecule has 0 aliphatic heterocycles. The summed E-state index contributed by atoms with van der Waals surface area (Å²) in [5.41, 5.74) is -0.399. The van der Waals surface area contributed by atoms with Crippen LogP contribution in [0.1, 0.15) is 32.1 Å². The van der Waals surface area contributed by atoms with Crippen molar-refractivity contribution in [3.63, 3.8) is 0 Å². The fourth-order valence-corrected chi connectivity index (χ4v) is 1.74. The number of benzene rings is 1. The summed E-state index contributed by atoms with van der Waals surface area (Å²) >= 11 is 0. The lowest BCUT2D eigenvalue weighted by molar-refractivity contribution is -0.137. The van der Waals surface area contributed by atoms with Crippen molar-refractivity contribution in [3.8, 4) is 11.3 Å². The molecule has 0 N–H and O–H groups in total. The number of rotatable bonds is 1. The molecule has 1 nitrogen and oxygen atoms in total. The first-order valence-electron chi connectivity index (χ1n) is 5.96. The minimum absolute atomic E-state index is 0.167. The quantitative estimate of drug-likeness (QED) is 0.687. The van der Waals surface area contributed by atoms with Gasteiger partial charge >= 0.3 is 6.18 Å². The van der Waals surface area contributed by atoms with Crippen LogP contribution in [0.3, 0.4) is 0 Å². The molecule has 102 valence electrons. The van der Waals surface area contributed by atoms with E-state index in [1.165, 1.54) is 6.07 Å². The van der Waals surface area contributed by atoms with E-state index in [1.54, 1.807) is 18.2 Å². The van der Waals surface area contributed by atoms with Gasteiger partial charge in [0, 0.05) is 11.0 Å². The predicted molar refractivity (Wildman–Crippen MR) is 67.8 cm³/mol. The maximum absolute atomic E-state index is 12.6. The van der Waals surface area contributed by atoms with Crippen LogP contribution >= 0.6 is 0 Å². The average molecular weight is 268 g/mol. The first kappa shape index (κ1) is 13.7. The van der Waals surface area contributed by atoms with Crippen molar-refractivity contribution in [2.75, 3.05) is 0 Å². The summed E-state index contributed by atoms with van der Waals surface area (Å²) in [6.07, 6.45) is -4.34. The van der Waals surface area contributed by atoms with E-state index in [0.29, 0.717) is 11.3 Å². The SMILES string of the molecule is CC(C)(C)c1ccc(-c2cccc(C(F)(F)F)c2)o1. The number of hydrogen-bond donors (Lipinski definition) is 0. The zero-order valence-electron chi connectivity index (χ0n) is 11.0. The number of hydrogen-bond acceptors (Lipinski definition) is 1. The molecule has 1 heterocycles. The van der Waals surface area contributed by atoms with Gasteiger partial charge < -0.3 is 4.42 Å². The van der Waals surface area contributed by atoms with Crippen molar-refractivity contribution in [2.45, 2.75) is 32.4 Å². The monoisotopic (exact) mass is 268 g/mol. The smallest absolute Gasteiger partial charge is 0.416 e.